The molecule has 1 rings (SSSR count). The lowest BCUT2D eigenvalue weighted by Gasteiger charge is -2.22. The second-order valence-electron chi connectivity index (χ2n) is 2.58. The quantitative estimate of drug-likeness (QED) is 0.521. The summed E-state index contributed by atoms with van der Waals surface area (Å²) in [4.78, 5) is 0. The fourth-order valence-electron chi connectivity index (χ4n) is 0.985. The van der Waals surface area contributed by atoms with Gasteiger partial charge in [-0.1, -0.05) is 93.3 Å². The highest BCUT2D eigenvalue weighted by atomic mass is 35.6. The third-order valence-corrected chi connectivity index (χ3v) is 3.01. The van der Waals surface area contributed by atoms with Crippen molar-refractivity contribution in [3.8, 4) is 0 Å². The Morgan fingerprint density at radius 2 is 1.47 bits per heavy atom. The molecule has 0 saturated heterocycles. The summed E-state index contributed by atoms with van der Waals surface area (Å²) in [7, 11) is 0. The molecule has 0 aliphatic rings. The van der Waals surface area contributed by atoms with Gasteiger partial charge in [0.05, 0.1) is 5.02 Å². The lowest BCUT2D eigenvalue weighted by molar-refractivity contribution is 1.11. The zero-order valence-electron chi connectivity index (χ0n) is 6.80. The SMILES string of the molecule is Clc1[c]ccc(C(Cl)(Cl)Cl)c1C(Cl)(Cl)Cl. The molecule has 0 atom stereocenters. The van der Waals surface area contributed by atoms with E-state index in [2.05, 4.69) is 6.07 Å². The molecule has 0 saturated carbocycles. The number of hydrogen-bond acceptors (Lipinski definition) is 0. The van der Waals surface area contributed by atoms with E-state index >= 15 is 0 Å². The molecule has 15 heavy (non-hydrogen) atoms. The van der Waals surface area contributed by atoms with E-state index in [1.165, 1.54) is 12.1 Å². The van der Waals surface area contributed by atoms with Crippen LogP contribution in [0.25, 0.3) is 0 Å². The zero-order valence-corrected chi connectivity index (χ0v) is 12.1. The van der Waals surface area contributed by atoms with Crippen LogP contribution in [0.4, 0.5) is 0 Å². The number of benzene rings is 1. The molecule has 1 aromatic carbocycles. The molecule has 0 fully saturated rings. The molecule has 0 spiro atoms. The molecule has 7 heteroatoms. The molecule has 0 bridgehead atoms. The van der Waals surface area contributed by atoms with Crippen LogP contribution in [0.15, 0.2) is 12.1 Å². The highest BCUT2D eigenvalue weighted by Gasteiger charge is 2.36. The van der Waals surface area contributed by atoms with E-state index in [0.717, 1.165) is 0 Å². The van der Waals surface area contributed by atoms with Crippen molar-refractivity contribution < 1.29 is 0 Å². The minimum atomic E-state index is -1.77. The van der Waals surface area contributed by atoms with Crippen molar-refractivity contribution in [2.75, 3.05) is 0 Å². The van der Waals surface area contributed by atoms with Crippen molar-refractivity contribution in [2.24, 2.45) is 0 Å². The minimum Gasteiger partial charge on any atom is -0.0832 e. The van der Waals surface area contributed by atoms with E-state index in [9.17, 15) is 0 Å². The zero-order chi connectivity index (χ0) is 11.9. The van der Waals surface area contributed by atoms with Crippen LogP contribution in [0.3, 0.4) is 0 Å². The Hall–Kier alpha value is 1.25. The van der Waals surface area contributed by atoms with Gasteiger partial charge in [-0.2, -0.15) is 0 Å². The van der Waals surface area contributed by atoms with Gasteiger partial charge in [0.15, 0.2) is 0 Å². The van der Waals surface area contributed by atoms with Crippen molar-refractivity contribution in [2.45, 2.75) is 7.59 Å². The Bertz CT molecular complexity index is 360. The fraction of sp³-hybridized carbons (Fsp3) is 0.250. The normalized spacial score (nSPS) is 13.0. The number of hydrogen-bond donors (Lipinski definition) is 0. The van der Waals surface area contributed by atoms with Crippen molar-refractivity contribution in [3.63, 3.8) is 0 Å². The van der Waals surface area contributed by atoms with Gasteiger partial charge in [-0.15, -0.1) is 0 Å². The second kappa shape index (κ2) is 4.86. The molecule has 0 N–H and O–H groups in total. The minimum absolute atomic E-state index is 0.110. The van der Waals surface area contributed by atoms with E-state index in [-0.39, 0.29) is 16.1 Å². The summed E-state index contributed by atoms with van der Waals surface area (Å²) in [5, 5.41) is 0.110. The first kappa shape index (κ1) is 14.3. The fourth-order valence-corrected chi connectivity index (χ4v) is 2.50. The first-order valence-corrected chi connectivity index (χ1v) is 6.13. The lowest BCUT2D eigenvalue weighted by atomic mass is 10.1. The van der Waals surface area contributed by atoms with Crippen LogP contribution in [0.5, 0.6) is 0 Å². The first-order chi connectivity index (χ1) is 6.64. The molecule has 0 aromatic heterocycles. The Labute approximate surface area is 122 Å². The Kier molecular flexibility index (Phi) is 4.63. The molecule has 0 aliphatic heterocycles. The molecule has 0 heterocycles. The molecule has 0 amide bonds. The molecule has 1 radical (unpaired) electrons. The van der Waals surface area contributed by atoms with Gasteiger partial charge in [-0.25, -0.2) is 0 Å². The second-order valence-corrected chi connectivity index (χ2v) is 7.52. The molecule has 0 unspecified atom stereocenters. The van der Waals surface area contributed by atoms with Gasteiger partial charge < -0.3 is 0 Å². The lowest BCUT2D eigenvalue weighted by Crippen LogP contribution is -2.12. The maximum absolute atomic E-state index is 5.84. The van der Waals surface area contributed by atoms with Gasteiger partial charge in [-0.3, -0.25) is 0 Å². The summed E-state index contributed by atoms with van der Waals surface area (Å²) in [5.74, 6) is 0. The van der Waals surface area contributed by atoms with Crippen LogP contribution >= 0.6 is 81.2 Å². The number of alkyl halides is 6. The average Bonchev–Trinajstić information content (AvgIpc) is 1.99. The maximum atomic E-state index is 5.84. The van der Waals surface area contributed by atoms with Crippen molar-refractivity contribution in [1.82, 2.24) is 0 Å². The summed E-state index contributed by atoms with van der Waals surface area (Å²) in [6.45, 7) is 0. The number of rotatable bonds is 0. The maximum Gasteiger partial charge on any atom is 0.217 e. The van der Waals surface area contributed by atoms with E-state index in [4.69, 9.17) is 81.2 Å². The average molecular weight is 346 g/mol. The summed E-state index contributed by atoms with van der Waals surface area (Å²) in [6, 6.07) is 5.62. The Morgan fingerprint density at radius 3 is 1.80 bits per heavy atom. The topological polar surface area (TPSA) is 0 Å². The van der Waals surface area contributed by atoms with Crippen LogP contribution in [0.2, 0.25) is 5.02 Å². The first-order valence-electron chi connectivity index (χ1n) is 3.48. The van der Waals surface area contributed by atoms with Gasteiger partial charge in [0.25, 0.3) is 0 Å². The number of halogens is 7. The predicted octanol–water partition coefficient (Wildman–Crippen LogP) is 5.79. The van der Waals surface area contributed by atoms with Crippen LogP contribution in [0.1, 0.15) is 11.1 Å². The highest BCUT2D eigenvalue weighted by Crippen LogP contribution is 2.50. The van der Waals surface area contributed by atoms with Crippen LogP contribution < -0.4 is 0 Å². The standard InChI is InChI=1S/C8H2Cl7/c9-5-3-1-2-4(7(10,11)12)6(5)8(13,14)15/h1-2H. The van der Waals surface area contributed by atoms with Crippen LogP contribution in [-0.2, 0) is 7.59 Å². The van der Waals surface area contributed by atoms with Crippen molar-refractivity contribution in [1.29, 1.82) is 0 Å². The van der Waals surface area contributed by atoms with E-state index in [1.807, 2.05) is 0 Å². The smallest absolute Gasteiger partial charge is 0.0832 e. The monoisotopic (exact) mass is 343 g/mol. The van der Waals surface area contributed by atoms with Crippen LogP contribution in [0, 0.1) is 6.07 Å². The molecular formula is C8H2Cl7. The largest absolute Gasteiger partial charge is 0.217 e. The summed E-state index contributed by atoms with van der Waals surface area (Å²) >= 11 is 40.2. The van der Waals surface area contributed by atoms with E-state index in [0.29, 0.717) is 0 Å². The Balaban J connectivity index is 3.48. The van der Waals surface area contributed by atoms with Crippen molar-refractivity contribution >= 4 is 81.2 Å². The summed E-state index contributed by atoms with van der Waals surface area (Å²) in [6.07, 6.45) is 0. The molecule has 1 aromatic rings. The predicted molar refractivity (Wildman–Crippen MR) is 68.8 cm³/mol. The molecule has 83 valence electrons. The van der Waals surface area contributed by atoms with Gasteiger partial charge in [-0.05, 0) is 0 Å². The molecule has 0 nitrogen and oxygen atoms in total. The van der Waals surface area contributed by atoms with Gasteiger partial charge in [0, 0.05) is 17.2 Å². The molecule has 0 aliphatic carbocycles. The third-order valence-electron chi connectivity index (χ3n) is 1.54. The highest BCUT2D eigenvalue weighted by molar-refractivity contribution is 6.69. The Morgan fingerprint density at radius 1 is 0.933 bits per heavy atom. The van der Waals surface area contributed by atoms with Gasteiger partial charge in [0.1, 0.15) is 0 Å². The van der Waals surface area contributed by atoms with Crippen molar-refractivity contribution in [3.05, 3.63) is 34.3 Å². The summed E-state index contributed by atoms with van der Waals surface area (Å²) in [5.41, 5.74) is 0.341. The molecular weight excluding hydrogens is 344 g/mol. The summed E-state index contributed by atoms with van der Waals surface area (Å²) < 4.78 is -3.48. The van der Waals surface area contributed by atoms with E-state index < -0.39 is 7.59 Å². The van der Waals surface area contributed by atoms with Gasteiger partial charge in [0.2, 0.25) is 7.59 Å². The van der Waals surface area contributed by atoms with Crippen LogP contribution in [-0.4, -0.2) is 0 Å². The van der Waals surface area contributed by atoms with Gasteiger partial charge >= 0.3 is 0 Å². The van der Waals surface area contributed by atoms with E-state index in [1.54, 1.807) is 0 Å². The third kappa shape index (κ3) is 3.61.